The zero-order valence-electron chi connectivity index (χ0n) is 20.9. The van der Waals surface area contributed by atoms with Gasteiger partial charge >= 0.3 is 0 Å². The number of carbonyl (C=O) groups excluding carboxylic acids is 1. The summed E-state index contributed by atoms with van der Waals surface area (Å²) in [7, 11) is 0. The highest BCUT2D eigenvalue weighted by Crippen LogP contribution is 2.27. The van der Waals surface area contributed by atoms with Crippen molar-refractivity contribution >= 4 is 5.91 Å². The van der Waals surface area contributed by atoms with Crippen LogP contribution in [0.25, 0.3) is 0 Å². The van der Waals surface area contributed by atoms with Gasteiger partial charge < -0.3 is 15.0 Å². The molecule has 1 aromatic rings. The molecule has 0 spiro atoms. The number of carbonyl (C=O) groups is 1. The Bertz CT molecular complexity index is 716. The lowest BCUT2D eigenvalue weighted by Gasteiger charge is -2.39. The second-order valence-corrected chi connectivity index (χ2v) is 9.88. The Morgan fingerprint density at radius 3 is 2.64 bits per heavy atom. The van der Waals surface area contributed by atoms with E-state index in [2.05, 4.69) is 47.7 Å². The van der Waals surface area contributed by atoms with Crippen LogP contribution in [-0.2, 0) is 11.3 Å². The molecule has 0 bridgehead atoms. The molecule has 1 amide bonds. The zero-order valence-corrected chi connectivity index (χ0v) is 20.9. The van der Waals surface area contributed by atoms with Crippen LogP contribution in [0.3, 0.4) is 0 Å². The fourth-order valence-electron chi connectivity index (χ4n) is 5.44. The maximum absolute atomic E-state index is 13.0. The lowest BCUT2D eigenvalue weighted by molar-refractivity contribution is 0.0599. The number of hydrogen-bond donors (Lipinski definition) is 1. The van der Waals surface area contributed by atoms with Crippen molar-refractivity contribution in [1.29, 1.82) is 0 Å². The highest BCUT2D eigenvalue weighted by molar-refractivity contribution is 5.94. The molecule has 1 aliphatic carbocycles. The number of rotatable bonds is 12. The number of nitrogens with one attached hydrogen (secondary N) is 1. The zero-order chi connectivity index (χ0) is 23.5. The summed E-state index contributed by atoms with van der Waals surface area (Å²) in [5.41, 5.74) is 2.04. The predicted molar refractivity (Wildman–Crippen MR) is 136 cm³/mol. The molecule has 1 saturated carbocycles. The number of benzene rings is 1. The Balaban J connectivity index is 1.52. The second-order valence-electron chi connectivity index (χ2n) is 9.88. The molecular weight excluding hydrogens is 410 g/mol. The van der Waals surface area contributed by atoms with Crippen molar-refractivity contribution in [2.45, 2.75) is 65.0 Å². The first kappa shape index (κ1) is 25.9. The third kappa shape index (κ3) is 8.24. The van der Waals surface area contributed by atoms with Gasteiger partial charge in [-0.1, -0.05) is 44.9 Å². The smallest absolute Gasteiger partial charge is 0.251 e. The van der Waals surface area contributed by atoms with Crippen LogP contribution in [0, 0.1) is 11.8 Å². The van der Waals surface area contributed by atoms with Crippen molar-refractivity contribution in [2.75, 3.05) is 45.9 Å². The second kappa shape index (κ2) is 13.9. The van der Waals surface area contributed by atoms with Crippen molar-refractivity contribution in [3.8, 4) is 0 Å². The molecule has 2 fully saturated rings. The average Bonchev–Trinajstić information content (AvgIpc) is 2.84. The van der Waals surface area contributed by atoms with E-state index >= 15 is 0 Å². The molecule has 1 heterocycles. The first-order chi connectivity index (χ1) is 16.1. The van der Waals surface area contributed by atoms with Gasteiger partial charge in [-0.15, -0.1) is 6.58 Å². The molecule has 0 aromatic heterocycles. The summed E-state index contributed by atoms with van der Waals surface area (Å²) >= 11 is 0. The van der Waals surface area contributed by atoms with Crippen molar-refractivity contribution in [3.05, 3.63) is 48.0 Å². The maximum Gasteiger partial charge on any atom is 0.251 e. The maximum atomic E-state index is 13.0. The summed E-state index contributed by atoms with van der Waals surface area (Å²) in [4.78, 5) is 18.0. The van der Waals surface area contributed by atoms with Crippen molar-refractivity contribution in [2.24, 2.45) is 11.8 Å². The van der Waals surface area contributed by atoms with E-state index < -0.39 is 0 Å². The molecular formula is C28H45N3O2. The van der Waals surface area contributed by atoms with Crippen molar-refractivity contribution < 1.29 is 9.53 Å². The quantitative estimate of drug-likeness (QED) is 0.366. The third-order valence-electron chi connectivity index (χ3n) is 7.43. The van der Waals surface area contributed by atoms with E-state index in [1.54, 1.807) is 0 Å². The fourth-order valence-corrected chi connectivity index (χ4v) is 5.44. The molecule has 3 rings (SSSR count). The molecule has 1 aromatic carbocycles. The van der Waals surface area contributed by atoms with Gasteiger partial charge in [0.15, 0.2) is 0 Å². The molecule has 1 saturated heterocycles. The lowest BCUT2D eigenvalue weighted by Crippen LogP contribution is -2.48. The Labute approximate surface area is 201 Å². The first-order valence-corrected chi connectivity index (χ1v) is 13.2. The van der Waals surface area contributed by atoms with Gasteiger partial charge in [0, 0.05) is 31.2 Å². The average molecular weight is 456 g/mol. The molecule has 1 aliphatic heterocycles. The van der Waals surface area contributed by atoms with Crippen LogP contribution in [0.2, 0.25) is 0 Å². The minimum Gasteiger partial charge on any atom is -0.377 e. The Morgan fingerprint density at radius 1 is 1.15 bits per heavy atom. The lowest BCUT2D eigenvalue weighted by atomic mass is 9.83. The standard InChI is InChI=1S/C28H45N3O2/c1-4-18-33-22-24-10-9-17-31(20-24)21-26-11-7-8-12-27(26)29-28(32)25-15-13-23(14-16-25)19-30(5-2)6-3/h4,13-16,24,26-27H,1,5-12,17-22H2,2-3H3,(H,29,32). The van der Waals surface area contributed by atoms with E-state index in [1.807, 2.05) is 18.2 Å². The van der Waals surface area contributed by atoms with Gasteiger partial charge in [0.1, 0.15) is 0 Å². The van der Waals surface area contributed by atoms with E-state index in [4.69, 9.17) is 4.74 Å². The number of hydrogen-bond acceptors (Lipinski definition) is 4. The van der Waals surface area contributed by atoms with Crippen LogP contribution in [0.15, 0.2) is 36.9 Å². The largest absolute Gasteiger partial charge is 0.377 e. The van der Waals surface area contributed by atoms with Crippen LogP contribution in [-0.4, -0.2) is 67.7 Å². The van der Waals surface area contributed by atoms with Crippen LogP contribution in [0.5, 0.6) is 0 Å². The first-order valence-electron chi connectivity index (χ1n) is 13.2. The summed E-state index contributed by atoms with van der Waals surface area (Å²) in [5, 5.41) is 3.40. The summed E-state index contributed by atoms with van der Waals surface area (Å²) in [6, 6.07) is 8.47. The van der Waals surface area contributed by atoms with Gasteiger partial charge in [0.2, 0.25) is 0 Å². The fraction of sp³-hybridized carbons (Fsp3) is 0.679. The van der Waals surface area contributed by atoms with Gasteiger partial charge in [0.05, 0.1) is 13.2 Å². The van der Waals surface area contributed by atoms with Crippen LogP contribution in [0.1, 0.15) is 68.3 Å². The number of nitrogens with zero attached hydrogens (tertiary/aromatic N) is 2. The van der Waals surface area contributed by atoms with Crippen molar-refractivity contribution in [3.63, 3.8) is 0 Å². The van der Waals surface area contributed by atoms with Crippen LogP contribution >= 0.6 is 0 Å². The van der Waals surface area contributed by atoms with Crippen LogP contribution in [0.4, 0.5) is 0 Å². The van der Waals surface area contributed by atoms with Gasteiger partial charge in [0.25, 0.3) is 5.91 Å². The monoisotopic (exact) mass is 455 g/mol. The van der Waals surface area contributed by atoms with Crippen LogP contribution < -0.4 is 5.32 Å². The van der Waals surface area contributed by atoms with E-state index in [0.717, 1.165) is 51.3 Å². The Kier molecular flexibility index (Phi) is 10.9. The van der Waals surface area contributed by atoms with E-state index in [0.29, 0.717) is 18.4 Å². The molecule has 2 aliphatic rings. The number of likely N-dealkylation sites (tertiary alicyclic amines) is 1. The number of amides is 1. The number of ether oxygens (including phenoxy) is 1. The highest BCUT2D eigenvalue weighted by Gasteiger charge is 2.30. The van der Waals surface area contributed by atoms with Gasteiger partial charge in [-0.25, -0.2) is 0 Å². The molecule has 5 nitrogen and oxygen atoms in total. The SMILES string of the molecule is C=CCOCC1CCCN(CC2CCCCC2NC(=O)c2ccc(CN(CC)CC)cc2)C1. The molecule has 184 valence electrons. The molecule has 5 heteroatoms. The molecule has 1 N–H and O–H groups in total. The molecule has 3 unspecified atom stereocenters. The van der Waals surface area contributed by atoms with Gasteiger partial charge in [-0.05, 0) is 74.8 Å². The summed E-state index contributed by atoms with van der Waals surface area (Å²) in [6.45, 7) is 16.0. The third-order valence-corrected chi connectivity index (χ3v) is 7.43. The minimum absolute atomic E-state index is 0.0793. The molecule has 3 atom stereocenters. The van der Waals surface area contributed by atoms with E-state index in [1.165, 1.54) is 44.2 Å². The van der Waals surface area contributed by atoms with Crippen molar-refractivity contribution in [1.82, 2.24) is 15.1 Å². The Morgan fingerprint density at radius 2 is 1.91 bits per heavy atom. The van der Waals surface area contributed by atoms with E-state index in [-0.39, 0.29) is 11.9 Å². The minimum atomic E-state index is 0.0793. The summed E-state index contributed by atoms with van der Waals surface area (Å²) < 4.78 is 5.72. The van der Waals surface area contributed by atoms with Gasteiger partial charge in [-0.2, -0.15) is 0 Å². The highest BCUT2D eigenvalue weighted by atomic mass is 16.5. The molecule has 33 heavy (non-hydrogen) atoms. The summed E-state index contributed by atoms with van der Waals surface area (Å²) in [5.74, 6) is 1.23. The number of piperidine rings is 1. The Hall–Kier alpha value is -1.69. The normalized spacial score (nSPS) is 24.0. The van der Waals surface area contributed by atoms with E-state index in [9.17, 15) is 4.79 Å². The topological polar surface area (TPSA) is 44.8 Å². The van der Waals surface area contributed by atoms with Gasteiger partial charge in [-0.3, -0.25) is 9.69 Å². The molecule has 0 radical (unpaired) electrons. The predicted octanol–water partition coefficient (Wildman–Crippen LogP) is 4.73. The summed E-state index contributed by atoms with van der Waals surface area (Å²) in [6.07, 6.45) is 9.11.